The number of rotatable bonds is 3. The number of benzene rings is 1. The van der Waals surface area contributed by atoms with Crippen LogP contribution in [0.25, 0.3) is 10.9 Å². The van der Waals surface area contributed by atoms with Gasteiger partial charge in [0.25, 0.3) is 5.91 Å². The minimum atomic E-state index is 0.0356. The third kappa shape index (κ3) is 3.36. The zero-order chi connectivity index (χ0) is 17.1. The fourth-order valence-electron chi connectivity index (χ4n) is 3.58. The molecule has 126 valence electrons. The van der Waals surface area contributed by atoms with Crippen LogP contribution in [0, 0.1) is 5.92 Å². The molecule has 1 fully saturated rings. The number of hydrogen-bond acceptors (Lipinski definition) is 4. The number of nitrogens with zero attached hydrogens (tertiary/aromatic N) is 4. The second-order valence-electron chi connectivity index (χ2n) is 6.55. The van der Waals surface area contributed by atoms with Crippen molar-refractivity contribution < 1.29 is 4.79 Å². The quantitative estimate of drug-likeness (QED) is 0.739. The van der Waals surface area contributed by atoms with Gasteiger partial charge in [-0.15, -0.1) is 0 Å². The van der Waals surface area contributed by atoms with E-state index in [9.17, 15) is 4.79 Å². The molecule has 3 aromatic rings. The fraction of sp³-hybridized carbons (Fsp3) is 0.300. The van der Waals surface area contributed by atoms with E-state index in [0.717, 1.165) is 37.9 Å². The van der Waals surface area contributed by atoms with E-state index in [2.05, 4.69) is 39.2 Å². The Labute approximate surface area is 146 Å². The molecular formula is C20H20N4O. The zero-order valence-electron chi connectivity index (χ0n) is 14.0. The van der Waals surface area contributed by atoms with Gasteiger partial charge in [0, 0.05) is 37.1 Å². The maximum atomic E-state index is 12.5. The van der Waals surface area contributed by atoms with E-state index in [-0.39, 0.29) is 5.91 Å². The summed E-state index contributed by atoms with van der Waals surface area (Å²) in [6.45, 7) is 1.59. The molecule has 0 aliphatic carbocycles. The molecule has 0 atom stereocenters. The minimum absolute atomic E-state index is 0.0356. The van der Waals surface area contributed by atoms with Gasteiger partial charge in [-0.3, -0.25) is 9.78 Å². The largest absolute Gasteiger partial charge is 0.339 e. The van der Waals surface area contributed by atoms with Crippen LogP contribution in [0.5, 0.6) is 0 Å². The maximum absolute atomic E-state index is 12.5. The van der Waals surface area contributed by atoms with Crippen molar-refractivity contribution in [1.29, 1.82) is 0 Å². The summed E-state index contributed by atoms with van der Waals surface area (Å²) in [5.41, 5.74) is 2.98. The van der Waals surface area contributed by atoms with Crippen LogP contribution in [-0.2, 0) is 6.42 Å². The fourth-order valence-corrected chi connectivity index (χ4v) is 3.58. The van der Waals surface area contributed by atoms with Crippen LogP contribution in [-0.4, -0.2) is 38.8 Å². The number of para-hydroxylation sites is 1. The Bertz CT molecular complexity index is 868. The zero-order valence-corrected chi connectivity index (χ0v) is 14.0. The molecule has 0 radical (unpaired) electrons. The highest BCUT2D eigenvalue weighted by molar-refractivity contribution is 5.93. The third-order valence-electron chi connectivity index (χ3n) is 4.96. The van der Waals surface area contributed by atoms with Crippen molar-refractivity contribution in [2.75, 3.05) is 13.1 Å². The van der Waals surface area contributed by atoms with E-state index in [4.69, 9.17) is 0 Å². The van der Waals surface area contributed by atoms with E-state index >= 15 is 0 Å². The molecule has 2 aromatic heterocycles. The molecule has 0 saturated carbocycles. The summed E-state index contributed by atoms with van der Waals surface area (Å²) in [6.07, 6.45) is 9.61. The Morgan fingerprint density at radius 2 is 1.84 bits per heavy atom. The summed E-state index contributed by atoms with van der Waals surface area (Å²) in [6, 6.07) is 10.4. The van der Waals surface area contributed by atoms with Crippen molar-refractivity contribution in [3.8, 4) is 0 Å². The molecule has 1 saturated heterocycles. The van der Waals surface area contributed by atoms with Gasteiger partial charge in [-0.05, 0) is 42.9 Å². The number of likely N-dealkylation sites (tertiary alicyclic amines) is 1. The molecular weight excluding hydrogens is 312 g/mol. The monoisotopic (exact) mass is 332 g/mol. The Morgan fingerprint density at radius 3 is 2.64 bits per heavy atom. The van der Waals surface area contributed by atoms with Gasteiger partial charge in [0.05, 0.1) is 11.1 Å². The molecule has 5 heteroatoms. The number of carbonyl (C=O) groups excluding carboxylic acids is 1. The summed E-state index contributed by atoms with van der Waals surface area (Å²) in [5, 5.41) is 1.24. The van der Waals surface area contributed by atoms with Crippen molar-refractivity contribution >= 4 is 16.8 Å². The molecule has 0 bridgehead atoms. The normalized spacial score (nSPS) is 15.4. The highest BCUT2D eigenvalue weighted by atomic mass is 16.2. The van der Waals surface area contributed by atoms with E-state index in [1.165, 1.54) is 17.3 Å². The molecule has 1 amide bonds. The average molecular weight is 332 g/mol. The van der Waals surface area contributed by atoms with E-state index < -0.39 is 0 Å². The molecule has 1 aliphatic rings. The lowest BCUT2D eigenvalue weighted by Gasteiger charge is -2.32. The first-order valence-electron chi connectivity index (χ1n) is 8.68. The summed E-state index contributed by atoms with van der Waals surface area (Å²) < 4.78 is 0. The highest BCUT2D eigenvalue weighted by Crippen LogP contribution is 2.26. The number of hydrogen-bond donors (Lipinski definition) is 0. The second-order valence-corrected chi connectivity index (χ2v) is 6.55. The average Bonchev–Trinajstić information content (AvgIpc) is 2.69. The third-order valence-corrected chi connectivity index (χ3v) is 4.96. The van der Waals surface area contributed by atoms with Gasteiger partial charge in [0.15, 0.2) is 0 Å². The first kappa shape index (κ1) is 15.7. The van der Waals surface area contributed by atoms with E-state index in [1.54, 1.807) is 12.4 Å². The van der Waals surface area contributed by atoms with Crippen LogP contribution in [0.3, 0.4) is 0 Å². The molecule has 0 unspecified atom stereocenters. The molecule has 4 rings (SSSR count). The molecule has 0 N–H and O–H groups in total. The number of fused-ring (bicyclic) bond motifs is 1. The minimum Gasteiger partial charge on any atom is -0.339 e. The van der Waals surface area contributed by atoms with Crippen molar-refractivity contribution in [2.45, 2.75) is 19.3 Å². The molecule has 0 spiro atoms. The molecule has 5 nitrogen and oxygen atoms in total. The van der Waals surface area contributed by atoms with E-state index in [0.29, 0.717) is 11.5 Å². The number of piperidine rings is 1. The van der Waals surface area contributed by atoms with Gasteiger partial charge in [0.1, 0.15) is 6.33 Å². The predicted octanol–water partition coefficient (Wildman–Crippen LogP) is 3.12. The van der Waals surface area contributed by atoms with Gasteiger partial charge in [-0.2, -0.15) is 0 Å². The first-order chi connectivity index (χ1) is 12.3. The Hall–Kier alpha value is -2.82. The Kier molecular flexibility index (Phi) is 4.37. The first-order valence-corrected chi connectivity index (χ1v) is 8.68. The Balaban J connectivity index is 1.41. The summed E-state index contributed by atoms with van der Waals surface area (Å²) >= 11 is 0. The maximum Gasteiger partial charge on any atom is 0.256 e. The van der Waals surface area contributed by atoms with Gasteiger partial charge in [-0.25, -0.2) is 9.97 Å². The van der Waals surface area contributed by atoms with Crippen LogP contribution >= 0.6 is 0 Å². The molecule has 25 heavy (non-hydrogen) atoms. The number of pyridine rings is 1. The number of amides is 1. The van der Waals surface area contributed by atoms with Crippen molar-refractivity contribution in [3.05, 3.63) is 66.4 Å². The standard InChI is InChI=1S/C20H20N4O/c25-20(17-12-21-14-22-13-17)24-9-6-15(7-10-24)11-16-5-8-23-19-4-2-1-3-18(16)19/h1-5,8,12-15H,6-7,9-11H2. The summed E-state index contributed by atoms with van der Waals surface area (Å²) in [7, 11) is 0. The van der Waals surface area contributed by atoms with Crippen molar-refractivity contribution in [1.82, 2.24) is 19.9 Å². The lowest BCUT2D eigenvalue weighted by atomic mass is 9.89. The van der Waals surface area contributed by atoms with Gasteiger partial charge in [-0.1, -0.05) is 18.2 Å². The van der Waals surface area contributed by atoms with Crippen LogP contribution < -0.4 is 0 Å². The lowest BCUT2D eigenvalue weighted by molar-refractivity contribution is 0.0690. The molecule has 3 heterocycles. The number of aromatic nitrogens is 3. The lowest BCUT2D eigenvalue weighted by Crippen LogP contribution is -2.39. The van der Waals surface area contributed by atoms with Crippen LogP contribution in [0.4, 0.5) is 0 Å². The molecule has 1 aromatic carbocycles. The molecule has 1 aliphatic heterocycles. The Morgan fingerprint density at radius 1 is 1.08 bits per heavy atom. The highest BCUT2D eigenvalue weighted by Gasteiger charge is 2.24. The second kappa shape index (κ2) is 6.97. The van der Waals surface area contributed by atoms with Crippen molar-refractivity contribution in [3.63, 3.8) is 0 Å². The topological polar surface area (TPSA) is 59.0 Å². The van der Waals surface area contributed by atoms with Crippen LogP contribution in [0.15, 0.2) is 55.2 Å². The van der Waals surface area contributed by atoms with Crippen molar-refractivity contribution in [2.24, 2.45) is 5.92 Å². The van der Waals surface area contributed by atoms with Crippen LogP contribution in [0.1, 0.15) is 28.8 Å². The summed E-state index contributed by atoms with van der Waals surface area (Å²) in [4.78, 5) is 26.7. The van der Waals surface area contributed by atoms with Crippen LogP contribution in [0.2, 0.25) is 0 Å². The SMILES string of the molecule is O=C(c1cncnc1)N1CCC(Cc2ccnc3ccccc23)CC1. The number of carbonyl (C=O) groups is 1. The summed E-state index contributed by atoms with van der Waals surface area (Å²) in [5.74, 6) is 0.635. The van der Waals surface area contributed by atoms with E-state index in [1.807, 2.05) is 17.2 Å². The van der Waals surface area contributed by atoms with Gasteiger partial charge in [0.2, 0.25) is 0 Å². The predicted molar refractivity (Wildman–Crippen MR) is 96.1 cm³/mol. The van der Waals surface area contributed by atoms with Gasteiger partial charge >= 0.3 is 0 Å². The van der Waals surface area contributed by atoms with Gasteiger partial charge < -0.3 is 4.90 Å². The smallest absolute Gasteiger partial charge is 0.256 e.